The van der Waals surface area contributed by atoms with Crippen molar-refractivity contribution in [3.63, 3.8) is 0 Å². The van der Waals surface area contributed by atoms with Crippen LogP contribution in [0, 0.1) is 5.82 Å². The number of benzene rings is 1. The molecule has 1 fully saturated rings. The zero-order valence-electron chi connectivity index (χ0n) is 9.94. The van der Waals surface area contributed by atoms with Gasteiger partial charge in [-0.1, -0.05) is 29.8 Å². The molecule has 1 aliphatic heterocycles. The van der Waals surface area contributed by atoms with Crippen molar-refractivity contribution in [2.45, 2.75) is 24.8 Å². The number of hydrogen-bond acceptors (Lipinski definition) is 2. The third kappa shape index (κ3) is 3.13. The van der Waals surface area contributed by atoms with Crippen molar-refractivity contribution >= 4 is 17.7 Å². The van der Waals surface area contributed by atoms with Gasteiger partial charge in [-0.2, -0.15) is 0 Å². The van der Waals surface area contributed by atoms with E-state index in [2.05, 4.69) is 0 Å². The summed E-state index contributed by atoms with van der Waals surface area (Å²) < 4.78 is 18.5. The first kappa shape index (κ1) is 13.1. The Morgan fingerprint density at radius 3 is 2.61 bits per heavy atom. The summed E-state index contributed by atoms with van der Waals surface area (Å²) in [6, 6.07) is 6.02. The Bertz CT molecular complexity index is 421. The molecule has 1 heterocycles. The number of nitrogens with zero attached hydrogens (tertiary/aromatic N) is 1. The van der Waals surface area contributed by atoms with E-state index in [0.29, 0.717) is 13.1 Å². The van der Waals surface area contributed by atoms with Gasteiger partial charge >= 0.3 is 6.09 Å². The molecule has 1 unspecified atom stereocenters. The Morgan fingerprint density at radius 1 is 1.28 bits per heavy atom. The predicted molar refractivity (Wildman–Crippen MR) is 66.9 cm³/mol. The lowest BCUT2D eigenvalue weighted by Crippen LogP contribution is -2.36. The minimum absolute atomic E-state index is 0.185. The molecule has 1 aliphatic rings. The molecule has 98 valence electrons. The molecule has 2 rings (SSSR count). The van der Waals surface area contributed by atoms with Gasteiger partial charge in [-0.15, -0.1) is 0 Å². The van der Waals surface area contributed by atoms with E-state index >= 15 is 0 Å². The first-order valence-corrected chi connectivity index (χ1v) is 6.46. The highest BCUT2D eigenvalue weighted by Crippen LogP contribution is 2.25. The van der Waals surface area contributed by atoms with Crippen LogP contribution in [-0.2, 0) is 4.74 Å². The highest BCUT2D eigenvalue weighted by atomic mass is 35.5. The maximum Gasteiger partial charge on any atom is 0.411 e. The van der Waals surface area contributed by atoms with E-state index < -0.39 is 17.5 Å². The Labute approximate surface area is 110 Å². The Morgan fingerprint density at radius 2 is 1.94 bits per heavy atom. The van der Waals surface area contributed by atoms with Gasteiger partial charge < -0.3 is 9.64 Å². The minimum atomic E-state index is -1.08. The lowest BCUT2D eigenvalue weighted by molar-refractivity contribution is 0.0833. The van der Waals surface area contributed by atoms with Crippen molar-refractivity contribution in [2.24, 2.45) is 0 Å². The van der Waals surface area contributed by atoms with Crippen molar-refractivity contribution in [3.8, 4) is 0 Å². The molecule has 0 bridgehead atoms. The van der Waals surface area contributed by atoms with E-state index in [9.17, 15) is 9.18 Å². The van der Waals surface area contributed by atoms with E-state index in [1.165, 1.54) is 12.1 Å². The number of halogens is 2. The van der Waals surface area contributed by atoms with Gasteiger partial charge in [0.25, 0.3) is 0 Å². The van der Waals surface area contributed by atoms with Gasteiger partial charge in [0.05, 0.1) is 0 Å². The van der Waals surface area contributed by atoms with E-state index in [1.54, 1.807) is 17.0 Å². The second kappa shape index (κ2) is 6.05. The molecule has 0 saturated carbocycles. The molecule has 0 aromatic heterocycles. The highest BCUT2D eigenvalue weighted by molar-refractivity contribution is 6.20. The lowest BCUT2D eigenvalue weighted by atomic mass is 10.1. The zero-order valence-corrected chi connectivity index (χ0v) is 10.7. The molecule has 1 aromatic rings. The highest BCUT2D eigenvalue weighted by Gasteiger charge is 2.22. The molecule has 18 heavy (non-hydrogen) atoms. The van der Waals surface area contributed by atoms with Gasteiger partial charge in [-0.3, -0.25) is 0 Å². The lowest BCUT2D eigenvalue weighted by Gasteiger charge is -2.26. The largest absolute Gasteiger partial charge is 0.425 e. The number of piperidine rings is 1. The third-order valence-electron chi connectivity index (χ3n) is 2.97. The van der Waals surface area contributed by atoms with Gasteiger partial charge in [0.1, 0.15) is 5.82 Å². The Hall–Kier alpha value is -1.29. The molecule has 5 heteroatoms. The number of carbonyl (C=O) groups is 1. The van der Waals surface area contributed by atoms with Crippen LogP contribution < -0.4 is 0 Å². The summed E-state index contributed by atoms with van der Waals surface area (Å²) in [7, 11) is 0. The summed E-state index contributed by atoms with van der Waals surface area (Å²) in [6.45, 7) is 1.36. The number of rotatable bonds is 2. The molecular weight excluding hydrogens is 257 g/mol. The first-order chi connectivity index (χ1) is 8.68. The first-order valence-electron chi connectivity index (χ1n) is 6.02. The van der Waals surface area contributed by atoms with Crippen LogP contribution >= 0.6 is 11.6 Å². The van der Waals surface area contributed by atoms with Crippen LogP contribution in [0.4, 0.5) is 9.18 Å². The van der Waals surface area contributed by atoms with Gasteiger partial charge in [0, 0.05) is 18.7 Å². The van der Waals surface area contributed by atoms with Crippen LogP contribution in [0.5, 0.6) is 0 Å². The van der Waals surface area contributed by atoms with Crippen molar-refractivity contribution in [1.29, 1.82) is 0 Å². The van der Waals surface area contributed by atoms with E-state index in [1.807, 2.05) is 0 Å². The molecule has 3 nitrogen and oxygen atoms in total. The van der Waals surface area contributed by atoms with Crippen molar-refractivity contribution < 1.29 is 13.9 Å². The number of ether oxygens (including phenoxy) is 1. The summed E-state index contributed by atoms with van der Waals surface area (Å²) in [5.41, 5.74) is -0.898. The standard InChI is InChI=1S/C13H15ClFNO2/c14-12(10-6-2-3-7-11(10)15)18-13(17)16-8-4-1-5-9-16/h2-3,6-7,12H,1,4-5,8-9H2. The molecule has 1 amide bonds. The molecular formula is C13H15ClFNO2. The van der Waals surface area contributed by atoms with E-state index in [4.69, 9.17) is 16.3 Å². The molecule has 0 radical (unpaired) electrons. The second-order valence-electron chi connectivity index (χ2n) is 4.27. The number of carbonyl (C=O) groups excluding carboxylic acids is 1. The average molecular weight is 272 g/mol. The number of hydrogen-bond donors (Lipinski definition) is 0. The fourth-order valence-corrected chi connectivity index (χ4v) is 2.22. The summed E-state index contributed by atoms with van der Waals surface area (Å²) in [5, 5.41) is 0. The third-order valence-corrected chi connectivity index (χ3v) is 3.29. The van der Waals surface area contributed by atoms with Crippen LogP contribution in [0.3, 0.4) is 0 Å². The molecule has 0 aliphatic carbocycles. The SMILES string of the molecule is O=C(OC(Cl)c1ccccc1F)N1CCCCC1. The Kier molecular flexibility index (Phi) is 4.42. The second-order valence-corrected chi connectivity index (χ2v) is 4.67. The monoisotopic (exact) mass is 271 g/mol. The summed E-state index contributed by atoms with van der Waals surface area (Å²) in [5.74, 6) is -0.469. The van der Waals surface area contributed by atoms with Crippen molar-refractivity contribution in [3.05, 3.63) is 35.6 Å². The maximum atomic E-state index is 13.4. The van der Waals surface area contributed by atoms with Crippen molar-refractivity contribution in [1.82, 2.24) is 4.90 Å². The van der Waals surface area contributed by atoms with Gasteiger partial charge in [0.2, 0.25) is 5.56 Å². The fourth-order valence-electron chi connectivity index (χ4n) is 1.96. The van der Waals surface area contributed by atoms with Gasteiger partial charge in [-0.25, -0.2) is 9.18 Å². The quantitative estimate of drug-likeness (QED) is 0.768. The molecule has 1 aromatic carbocycles. The average Bonchev–Trinajstić information content (AvgIpc) is 2.40. The molecule has 1 saturated heterocycles. The number of amides is 1. The van der Waals surface area contributed by atoms with E-state index in [0.717, 1.165) is 19.3 Å². The smallest absolute Gasteiger partial charge is 0.411 e. The predicted octanol–water partition coefficient (Wildman–Crippen LogP) is 3.69. The van der Waals surface area contributed by atoms with Crippen LogP contribution in [0.1, 0.15) is 30.4 Å². The van der Waals surface area contributed by atoms with E-state index in [-0.39, 0.29) is 5.56 Å². The number of alkyl halides is 1. The number of likely N-dealkylation sites (tertiary alicyclic amines) is 1. The van der Waals surface area contributed by atoms with Crippen molar-refractivity contribution in [2.75, 3.05) is 13.1 Å². The van der Waals surface area contributed by atoms with Crippen LogP contribution in [-0.4, -0.2) is 24.1 Å². The van der Waals surface area contributed by atoms with Gasteiger partial charge in [0.15, 0.2) is 0 Å². The summed E-state index contributed by atoms with van der Waals surface area (Å²) in [6.07, 6.45) is 2.60. The topological polar surface area (TPSA) is 29.5 Å². The van der Waals surface area contributed by atoms with Crippen LogP contribution in [0.15, 0.2) is 24.3 Å². The summed E-state index contributed by atoms with van der Waals surface area (Å²) in [4.78, 5) is 13.4. The van der Waals surface area contributed by atoms with Crippen LogP contribution in [0.25, 0.3) is 0 Å². The fraction of sp³-hybridized carbons (Fsp3) is 0.462. The minimum Gasteiger partial charge on any atom is -0.425 e. The van der Waals surface area contributed by atoms with Crippen LogP contribution in [0.2, 0.25) is 0 Å². The molecule has 0 N–H and O–H groups in total. The maximum absolute atomic E-state index is 13.4. The zero-order chi connectivity index (χ0) is 13.0. The summed E-state index contributed by atoms with van der Waals surface area (Å²) >= 11 is 5.92. The molecule has 0 spiro atoms. The Balaban J connectivity index is 1.96. The normalized spacial score (nSPS) is 17.3. The van der Waals surface area contributed by atoms with Gasteiger partial charge in [-0.05, 0) is 25.3 Å². The molecule has 1 atom stereocenters.